The Labute approximate surface area is 82.4 Å². The van der Waals surface area contributed by atoms with Crippen LogP contribution >= 0.6 is 0 Å². The molecule has 0 amide bonds. The summed E-state index contributed by atoms with van der Waals surface area (Å²) in [6.45, 7) is 4.75. The van der Waals surface area contributed by atoms with E-state index in [2.05, 4.69) is 15.5 Å². The Hall–Kier alpha value is -0.960. The number of hydrogen-bond donors (Lipinski definition) is 2. The molecule has 0 aliphatic rings. The first-order valence-corrected chi connectivity index (χ1v) is 4.71. The second-order valence-corrected chi connectivity index (χ2v) is 3.13. The molecule has 0 aliphatic carbocycles. The molecule has 7 nitrogen and oxygen atoms in total. The molecule has 0 saturated carbocycles. The van der Waals surface area contributed by atoms with Crippen LogP contribution in [0.4, 0.5) is 0 Å². The van der Waals surface area contributed by atoms with Crippen molar-refractivity contribution in [3.63, 3.8) is 0 Å². The topological polar surface area (TPSA) is 116 Å². The van der Waals surface area contributed by atoms with Crippen LogP contribution in [0.15, 0.2) is 12.7 Å². The number of hydrogen-bond acceptors (Lipinski definition) is 6. The fourth-order valence-electron chi connectivity index (χ4n) is 0.231. The van der Waals surface area contributed by atoms with Gasteiger partial charge in [0.15, 0.2) is 0 Å². The number of ether oxygens (including phenoxy) is 1. The smallest absolute Gasteiger partial charge is 0.397 e. The number of rotatable bonds is 3. The van der Waals surface area contributed by atoms with E-state index in [9.17, 15) is 13.2 Å². The van der Waals surface area contributed by atoms with E-state index in [0.717, 1.165) is 13.2 Å². The summed E-state index contributed by atoms with van der Waals surface area (Å²) in [5, 5.41) is 0. The van der Waals surface area contributed by atoms with Gasteiger partial charge in [0.05, 0.1) is 7.11 Å². The molecule has 0 aromatic rings. The standard InChI is InChI=1S/C5H9NO2.CH4O4S/c1-3-5(7)8-4(2)6;1-5-6(2,3)4/h3-4H,1,6H2,2H3;1H3,(H,2,3,4). The van der Waals surface area contributed by atoms with E-state index in [-0.39, 0.29) is 0 Å². The Balaban J connectivity index is 0. The average molecular weight is 227 g/mol. The van der Waals surface area contributed by atoms with E-state index < -0.39 is 22.6 Å². The normalized spacial score (nSPS) is 12.0. The molecule has 0 radical (unpaired) electrons. The maximum absolute atomic E-state index is 10.2. The van der Waals surface area contributed by atoms with Crippen LogP contribution in [0.25, 0.3) is 0 Å². The van der Waals surface area contributed by atoms with Crippen molar-refractivity contribution in [1.82, 2.24) is 0 Å². The molecule has 3 N–H and O–H groups in total. The van der Waals surface area contributed by atoms with E-state index in [0.29, 0.717) is 0 Å². The molecule has 84 valence electrons. The van der Waals surface area contributed by atoms with Crippen LogP contribution < -0.4 is 5.73 Å². The van der Waals surface area contributed by atoms with Crippen LogP contribution in [0.5, 0.6) is 0 Å². The number of carbonyl (C=O) groups excluding carboxylic acids is 1. The molecule has 0 fully saturated rings. The van der Waals surface area contributed by atoms with E-state index >= 15 is 0 Å². The lowest BCUT2D eigenvalue weighted by Crippen LogP contribution is -2.21. The van der Waals surface area contributed by atoms with Crippen LogP contribution in [0.2, 0.25) is 0 Å². The lowest BCUT2D eigenvalue weighted by molar-refractivity contribution is -0.141. The predicted octanol–water partition coefficient (Wildman–Crippen LogP) is -0.544. The van der Waals surface area contributed by atoms with Gasteiger partial charge >= 0.3 is 16.4 Å². The number of esters is 1. The summed E-state index contributed by atoms with van der Waals surface area (Å²) in [5.74, 6) is -0.486. The molecule has 0 aliphatic heterocycles. The molecule has 1 unspecified atom stereocenters. The van der Waals surface area contributed by atoms with Crippen LogP contribution in [0.1, 0.15) is 6.92 Å². The van der Waals surface area contributed by atoms with Gasteiger partial charge < -0.3 is 4.74 Å². The Morgan fingerprint density at radius 1 is 1.64 bits per heavy atom. The van der Waals surface area contributed by atoms with Crippen molar-refractivity contribution in [2.75, 3.05) is 7.11 Å². The molecule has 14 heavy (non-hydrogen) atoms. The Morgan fingerprint density at radius 2 is 2.00 bits per heavy atom. The second-order valence-electron chi connectivity index (χ2n) is 1.94. The zero-order valence-corrected chi connectivity index (χ0v) is 8.65. The number of carbonyl (C=O) groups is 1. The van der Waals surface area contributed by atoms with Gasteiger partial charge in [-0.25, -0.2) is 4.79 Å². The highest BCUT2D eigenvalue weighted by atomic mass is 32.3. The van der Waals surface area contributed by atoms with Gasteiger partial charge in [-0.1, -0.05) is 6.58 Å². The van der Waals surface area contributed by atoms with Crippen LogP contribution in [-0.2, 0) is 24.1 Å². The highest BCUT2D eigenvalue weighted by molar-refractivity contribution is 7.80. The summed E-state index contributed by atoms with van der Waals surface area (Å²) in [7, 11) is -3.29. The fraction of sp³-hybridized carbons (Fsp3) is 0.500. The Kier molecular flexibility index (Phi) is 8.25. The zero-order valence-electron chi connectivity index (χ0n) is 7.84. The van der Waals surface area contributed by atoms with Crippen LogP contribution in [0, 0.1) is 0 Å². The maximum Gasteiger partial charge on any atom is 0.397 e. The van der Waals surface area contributed by atoms with Crippen molar-refractivity contribution in [2.24, 2.45) is 5.73 Å². The second kappa shape index (κ2) is 7.44. The maximum atomic E-state index is 10.2. The molecule has 0 aromatic heterocycles. The van der Waals surface area contributed by atoms with Crippen molar-refractivity contribution in [3.05, 3.63) is 12.7 Å². The molecular weight excluding hydrogens is 214 g/mol. The minimum Gasteiger partial charge on any atom is -0.444 e. The van der Waals surface area contributed by atoms with Gasteiger partial charge in [-0.2, -0.15) is 8.42 Å². The third-order valence-corrected chi connectivity index (χ3v) is 1.10. The largest absolute Gasteiger partial charge is 0.444 e. The van der Waals surface area contributed by atoms with Crippen molar-refractivity contribution >= 4 is 16.4 Å². The average Bonchev–Trinajstić information content (AvgIpc) is 2.03. The molecular formula is C6H13NO6S. The summed E-state index contributed by atoms with van der Waals surface area (Å²) < 4.78 is 34.1. The molecule has 0 rings (SSSR count). The molecule has 0 heterocycles. The van der Waals surface area contributed by atoms with Crippen molar-refractivity contribution in [1.29, 1.82) is 0 Å². The van der Waals surface area contributed by atoms with E-state index in [1.807, 2.05) is 0 Å². The molecule has 0 aromatic carbocycles. The Morgan fingerprint density at radius 3 is 2.07 bits per heavy atom. The summed E-state index contributed by atoms with van der Waals surface area (Å²) >= 11 is 0. The van der Waals surface area contributed by atoms with Crippen molar-refractivity contribution in [2.45, 2.75) is 13.2 Å². The SMILES string of the molecule is C=CC(=O)OC(C)N.COS(=O)(=O)O. The summed E-state index contributed by atoms with van der Waals surface area (Å²) in [5.41, 5.74) is 5.08. The van der Waals surface area contributed by atoms with E-state index in [1.54, 1.807) is 6.92 Å². The monoisotopic (exact) mass is 227 g/mol. The third kappa shape index (κ3) is 17.2. The lowest BCUT2D eigenvalue weighted by Gasteiger charge is -2.02. The predicted molar refractivity (Wildman–Crippen MR) is 48.5 cm³/mol. The molecule has 8 heteroatoms. The van der Waals surface area contributed by atoms with Gasteiger partial charge in [0.1, 0.15) is 6.23 Å². The van der Waals surface area contributed by atoms with Crippen LogP contribution in [-0.4, -0.2) is 32.3 Å². The van der Waals surface area contributed by atoms with Crippen LogP contribution in [0.3, 0.4) is 0 Å². The molecule has 0 bridgehead atoms. The first-order valence-electron chi connectivity index (χ1n) is 3.34. The first kappa shape index (κ1) is 15.5. The number of nitrogens with two attached hydrogens (primary N) is 1. The molecule has 0 spiro atoms. The Bertz CT molecular complexity index is 270. The van der Waals surface area contributed by atoms with Gasteiger partial charge in [0.2, 0.25) is 0 Å². The van der Waals surface area contributed by atoms with E-state index in [4.69, 9.17) is 10.3 Å². The zero-order chi connectivity index (χ0) is 11.8. The van der Waals surface area contributed by atoms with Gasteiger partial charge in [0.25, 0.3) is 0 Å². The summed E-state index contributed by atoms with van der Waals surface area (Å²) in [6.07, 6.45) is 0.532. The highest BCUT2D eigenvalue weighted by Crippen LogP contribution is 1.81. The van der Waals surface area contributed by atoms with Crippen molar-refractivity contribution < 1.29 is 26.7 Å². The molecule has 1 atom stereocenters. The molecule has 0 saturated heterocycles. The fourth-order valence-corrected chi connectivity index (χ4v) is 0.231. The highest BCUT2D eigenvalue weighted by Gasteiger charge is 1.96. The lowest BCUT2D eigenvalue weighted by atomic mass is 10.6. The van der Waals surface area contributed by atoms with Crippen molar-refractivity contribution in [3.8, 4) is 0 Å². The quantitative estimate of drug-likeness (QED) is 0.288. The van der Waals surface area contributed by atoms with Gasteiger partial charge in [-0.15, -0.1) is 0 Å². The van der Waals surface area contributed by atoms with E-state index in [1.165, 1.54) is 0 Å². The van der Waals surface area contributed by atoms with Gasteiger partial charge in [-0.3, -0.25) is 14.5 Å². The summed E-state index contributed by atoms with van der Waals surface area (Å²) in [6, 6.07) is 0. The van der Waals surface area contributed by atoms with Gasteiger partial charge in [0, 0.05) is 6.08 Å². The summed E-state index contributed by atoms with van der Waals surface area (Å²) in [4.78, 5) is 10.2. The third-order valence-electron chi connectivity index (χ3n) is 0.679. The first-order chi connectivity index (χ1) is 6.22. The minimum atomic E-state index is -4.16. The minimum absolute atomic E-state index is 0.486. The van der Waals surface area contributed by atoms with Gasteiger partial charge in [-0.05, 0) is 6.92 Å².